The number of imidazole rings is 1. The summed E-state index contributed by atoms with van der Waals surface area (Å²) in [4.78, 5) is 16.8. The number of hydrogen-bond acceptors (Lipinski definition) is 6. The molecule has 8 heteroatoms. The molecule has 1 amide bonds. The van der Waals surface area contributed by atoms with Gasteiger partial charge in [-0.2, -0.15) is 5.10 Å². The van der Waals surface area contributed by atoms with Crippen LogP contribution in [0, 0.1) is 0 Å². The molecule has 0 radical (unpaired) electrons. The number of benzene rings is 3. The zero-order chi connectivity index (χ0) is 23.0. The number of aromatic nitrogens is 2. The molecule has 0 aliphatic rings. The molecule has 0 saturated heterocycles. The summed E-state index contributed by atoms with van der Waals surface area (Å²) in [6.45, 7) is 0.425. The summed E-state index contributed by atoms with van der Waals surface area (Å²) in [6.07, 6.45) is 1.58. The van der Waals surface area contributed by atoms with Crippen LogP contribution in [0.4, 0.5) is 0 Å². The van der Waals surface area contributed by atoms with Gasteiger partial charge in [0.15, 0.2) is 16.7 Å². The number of fused-ring (bicyclic) bond motifs is 1. The number of carbonyl (C=O) groups is 1. The number of amides is 1. The van der Waals surface area contributed by atoms with Crippen LogP contribution < -0.4 is 14.9 Å². The third-order valence-corrected chi connectivity index (χ3v) is 5.94. The smallest absolute Gasteiger partial charge is 0.250 e. The lowest BCUT2D eigenvalue weighted by Gasteiger charge is -2.11. The van der Waals surface area contributed by atoms with E-state index in [1.807, 2.05) is 84.4 Å². The maximum Gasteiger partial charge on any atom is 0.250 e. The summed E-state index contributed by atoms with van der Waals surface area (Å²) >= 11 is 1.37. The van der Waals surface area contributed by atoms with Crippen molar-refractivity contribution in [1.82, 2.24) is 15.0 Å². The van der Waals surface area contributed by atoms with Gasteiger partial charge in [0.05, 0.1) is 30.1 Å². The maximum atomic E-state index is 12.2. The lowest BCUT2D eigenvalue weighted by atomic mass is 10.2. The van der Waals surface area contributed by atoms with Crippen LogP contribution in [0.2, 0.25) is 0 Å². The van der Waals surface area contributed by atoms with Gasteiger partial charge in [-0.05, 0) is 41.5 Å². The average molecular weight is 461 g/mol. The Hall–Kier alpha value is -3.78. The molecule has 7 nitrogen and oxygen atoms in total. The minimum absolute atomic E-state index is 0.211. The van der Waals surface area contributed by atoms with Crippen LogP contribution in [0.1, 0.15) is 11.1 Å². The molecule has 1 aromatic heterocycles. The molecule has 168 valence electrons. The number of nitrogens with zero attached hydrogens (tertiary/aromatic N) is 3. The lowest BCUT2D eigenvalue weighted by Crippen LogP contribution is -2.19. The second-order valence-electron chi connectivity index (χ2n) is 7.21. The first-order valence-corrected chi connectivity index (χ1v) is 11.3. The molecule has 4 rings (SSSR count). The van der Waals surface area contributed by atoms with Crippen molar-refractivity contribution in [1.29, 1.82) is 0 Å². The fraction of sp³-hybridized carbons (Fsp3) is 0.160. The molecule has 33 heavy (non-hydrogen) atoms. The quantitative estimate of drug-likeness (QED) is 0.228. The zero-order valence-electron chi connectivity index (χ0n) is 18.4. The van der Waals surface area contributed by atoms with Crippen LogP contribution in [0.5, 0.6) is 11.5 Å². The van der Waals surface area contributed by atoms with E-state index in [0.29, 0.717) is 18.1 Å². The normalized spacial score (nSPS) is 11.1. The van der Waals surface area contributed by atoms with Gasteiger partial charge >= 0.3 is 0 Å². The number of carbonyl (C=O) groups excluding carboxylic acids is 1. The van der Waals surface area contributed by atoms with Crippen molar-refractivity contribution in [2.45, 2.75) is 11.8 Å². The highest BCUT2D eigenvalue weighted by atomic mass is 32.2. The fourth-order valence-electron chi connectivity index (χ4n) is 3.22. The van der Waals surface area contributed by atoms with Crippen molar-refractivity contribution in [3.8, 4) is 11.5 Å². The number of thioether (sulfide) groups is 1. The van der Waals surface area contributed by atoms with Gasteiger partial charge in [-0.3, -0.25) is 4.79 Å². The number of rotatable bonds is 9. The summed E-state index contributed by atoms with van der Waals surface area (Å²) in [5, 5.41) is 4.86. The second kappa shape index (κ2) is 10.7. The first-order valence-electron chi connectivity index (χ1n) is 10.3. The molecule has 3 aromatic carbocycles. The van der Waals surface area contributed by atoms with E-state index < -0.39 is 0 Å². The molecule has 4 aromatic rings. The maximum absolute atomic E-state index is 12.2. The summed E-state index contributed by atoms with van der Waals surface area (Å²) in [5.41, 5.74) is 6.34. The fourth-order valence-corrected chi connectivity index (χ4v) is 4.00. The number of methoxy groups -OCH3 is 1. The summed E-state index contributed by atoms with van der Waals surface area (Å²) in [5.74, 6) is 1.24. The number of para-hydroxylation sites is 2. The van der Waals surface area contributed by atoms with E-state index in [0.717, 1.165) is 27.3 Å². The van der Waals surface area contributed by atoms with Crippen molar-refractivity contribution < 1.29 is 14.3 Å². The zero-order valence-corrected chi connectivity index (χ0v) is 19.2. The van der Waals surface area contributed by atoms with E-state index in [1.54, 1.807) is 13.3 Å². The van der Waals surface area contributed by atoms with Gasteiger partial charge in [0.1, 0.15) is 6.61 Å². The highest BCUT2D eigenvalue weighted by molar-refractivity contribution is 7.99. The van der Waals surface area contributed by atoms with Crippen LogP contribution in [0.15, 0.2) is 83.1 Å². The molecule has 0 bridgehead atoms. The van der Waals surface area contributed by atoms with Crippen molar-refractivity contribution in [3.05, 3.63) is 83.9 Å². The lowest BCUT2D eigenvalue weighted by molar-refractivity contribution is -0.118. The number of hydrogen-bond donors (Lipinski definition) is 1. The molecule has 0 saturated carbocycles. The number of nitrogens with one attached hydrogen (secondary N) is 1. The first kappa shape index (κ1) is 22.4. The van der Waals surface area contributed by atoms with Gasteiger partial charge in [-0.1, -0.05) is 54.2 Å². The van der Waals surface area contributed by atoms with Gasteiger partial charge in [0, 0.05) is 7.05 Å². The molecule has 0 aliphatic heterocycles. The Morgan fingerprint density at radius 1 is 1.09 bits per heavy atom. The first-order chi connectivity index (χ1) is 16.1. The Kier molecular flexibility index (Phi) is 7.26. The molecule has 0 spiro atoms. The van der Waals surface area contributed by atoms with E-state index in [-0.39, 0.29) is 11.7 Å². The third kappa shape index (κ3) is 5.72. The Morgan fingerprint density at radius 2 is 1.88 bits per heavy atom. The van der Waals surface area contributed by atoms with E-state index >= 15 is 0 Å². The van der Waals surface area contributed by atoms with Gasteiger partial charge in [-0.25, -0.2) is 10.4 Å². The molecule has 0 atom stereocenters. The number of hydrazone groups is 1. The van der Waals surface area contributed by atoms with Crippen LogP contribution in [0.3, 0.4) is 0 Å². The monoisotopic (exact) mass is 460 g/mol. The molecule has 1 heterocycles. The van der Waals surface area contributed by atoms with Crippen LogP contribution in [0.25, 0.3) is 11.0 Å². The number of ether oxygens (including phenoxy) is 2. The Bertz CT molecular complexity index is 1270. The molecule has 0 fully saturated rings. The molecule has 0 unspecified atom stereocenters. The SMILES string of the molecule is COc1ccc(/C=N\NC(=O)CSc2nc3ccccc3n2C)cc1OCc1ccccc1. The highest BCUT2D eigenvalue weighted by Crippen LogP contribution is 2.28. The van der Waals surface area contributed by atoms with E-state index in [9.17, 15) is 4.79 Å². The standard InChI is InChI=1S/C25H24N4O3S/c1-29-21-11-7-6-10-20(21)27-25(29)33-17-24(30)28-26-15-19-12-13-22(31-2)23(14-19)32-16-18-8-4-3-5-9-18/h3-15H,16-17H2,1-2H3,(H,28,30)/b26-15-. The van der Waals surface area contributed by atoms with Crippen molar-refractivity contribution >= 4 is 34.9 Å². The van der Waals surface area contributed by atoms with E-state index in [1.165, 1.54) is 11.8 Å². The molecule has 1 N–H and O–H groups in total. The summed E-state index contributed by atoms with van der Waals surface area (Å²) < 4.78 is 13.3. The topological polar surface area (TPSA) is 77.7 Å². The van der Waals surface area contributed by atoms with Gasteiger partial charge in [-0.15, -0.1) is 0 Å². The minimum atomic E-state index is -0.211. The third-order valence-electron chi connectivity index (χ3n) is 4.91. The Labute approximate surface area is 196 Å². The predicted molar refractivity (Wildman–Crippen MR) is 131 cm³/mol. The molecular weight excluding hydrogens is 436 g/mol. The van der Waals surface area contributed by atoms with E-state index in [2.05, 4.69) is 15.5 Å². The summed E-state index contributed by atoms with van der Waals surface area (Å²) in [6, 6.07) is 23.3. The van der Waals surface area contributed by atoms with E-state index in [4.69, 9.17) is 9.47 Å². The minimum Gasteiger partial charge on any atom is -0.493 e. The summed E-state index contributed by atoms with van der Waals surface area (Å²) in [7, 11) is 3.54. The number of aryl methyl sites for hydroxylation is 1. The van der Waals surface area contributed by atoms with Crippen molar-refractivity contribution in [2.24, 2.45) is 12.1 Å². The van der Waals surface area contributed by atoms with Gasteiger partial charge < -0.3 is 14.0 Å². The largest absolute Gasteiger partial charge is 0.493 e. The van der Waals surface area contributed by atoms with Gasteiger partial charge in [0.25, 0.3) is 5.91 Å². The van der Waals surface area contributed by atoms with Crippen LogP contribution in [-0.4, -0.2) is 34.5 Å². The predicted octanol–water partition coefficient (Wildman–Crippen LogP) is 4.40. The Balaban J connectivity index is 1.33. The van der Waals surface area contributed by atoms with Crippen LogP contribution >= 0.6 is 11.8 Å². The molecular formula is C25H24N4O3S. The van der Waals surface area contributed by atoms with Crippen LogP contribution in [-0.2, 0) is 18.4 Å². The molecule has 0 aliphatic carbocycles. The second-order valence-corrected chi connectivity index (χ2v) is 8.15. The Morgan fingerprint density at radius 3 is 2.67 bits per heavy atom. The van der Waals surface area contributed by atoms with Crippen molar-refractivity contribution in [2.75, 3.05) is 12.9 Å². The average Bonchev–Trinajstić information content (AvgIpc) is 3.17. The van der Waals surface area contributed by atoms with Crippen molar-refractivity contribution in [3.63, 3.8) is 0 Å². The van der Waals surface area contributed by atoms with Gasteiger partial charge in [0.2, 0.25) is 0 Å². The highest BCUT2D eigenvalue weighted by Gasteiger charge is 2.10.